The molecular formula is C27H24N2. The molecule has 3 aromatic carbocycles. The molecule has 0 N–H and O–H groups in total. The molecule has 1 spiro atoms. The van der Waals surface area contributed by atoms with Gasteiger partial charge in [-0.25, -0.2) is 0 Å². The highest BCUT2D eigenvalue weighted by molar-refractivity contribution is 5.92. The molecular weight excluding hydrogens is 352 g/mol. The van der Waals surface area contributed by atoms with E-state index in [1.807, 2.05) is 0 Å². The first kappa shape index (κ1) is 15.9. The van der Waals surface area contributed by atoms with Crippen LogP contribution in [0, 0.1) is 5.41 Å². The van der Waals surface area contributed by atoms with Crippen LogP contribution in [0.15, 0.2) is 84.9 Å². The van der Waals surface area contributed by atoms with Gasteiger partial charge in [-0.2, -0.15) is 0 Å². The van der Waals surface area contributed by atoms with Crippen molar-refractivity contribution in [2.24, 2.45) is 5.41 Å². The van der Waals surface area contributed by atoms with E-state index in [0.29, 0.717) is 0 Å². The van der Waals surface area contributed by atoms with Crippen LogP contribution in [0.25, 0.3) is 0 Å². The molecule has 0 saturated heterocycles. The van der Waals surface area contributed by atoms with Crippen molar-refractivity contribution in [3.8, 4) is 0 Å². The van der Waals surface area contributed by atoms with Crippen molar-refractivity contribution < 1.29 is 0 Å². The smallest absolute Gasteiger partial charge is 0.122 e. The second-order valence-electron chi connectivity index (χ2n) is 9.15. The van der Waals surface area contributed by atoms with Crippen LogP contribution in [0.5, 0.6) is 0 Å². The van der Waals surface area contributed by atoms with Crippen molar-refractivity contribution in [3.63, 3.8) is 0 Å². The van der Waals surface area contributed by atoms with Crippen LogP contribution in [0.1, 0.15) is 30.9 Å². The van der Waals surface area contributed by atoms with Gasteiger partial charge in [-0.15, -0.1) is 0 Å². The number of rotatable bonds is 1. The lowest BCUT2D eigenvalue weighted by Gasteiger charge is -2.70. The zero-order valence-corrected chi connectivity index (χ0v) is 16.7. The Kier molecular flexibility index (Phi) is 2.70. The number of nitrogens with zero attached hydrogens (tertiary/aromatic N) is 2. The van der Waals surface area contributed by atoms with Crippen LogP contribution < -0.4 is 9.80 Å². The average molecular weight is 377 g/mol. The van der Waals surface area contributed by atoms with Crippen molar-refractivity contribution in [2.75, 3.05) is 9.80 Å². The third-order valence-corrected chi connectivity index (χ3v) is 8.31. The van der Waals surface area contributed by atoms with Crippen molar-refractivity contribution in [2.45, 2.75) is 37.8 Å². The van der Waals surface area contributed by atoms with Crippen LogP contribution in [0.3, 0.4) is 0 Å². The summed E-state index contributed by atoms with van der Waals surface area (Å²) in [6.45, 7) is 7.06. The second kappa shape index (κ2) is 4.94. The molecule has 142 valence electrons. The molecule has 0 radical (unpaired) electrons. The fourth-order valence-electron chi connectivity index (χ4n) is 7.11. The van der Waals surface area contributed by atoms with Crippen LogP contribution in [-0.2, 0) is 11.8 Å². The molecule has 0 amide bonds. The monoisotopic (exact) mass is 376 g/mol. The van der Waals surface area contributed by atoms with E-state index >= 15 is 0 Å². The summed E-state index contributed by atoms with van der Waals surface area (Å²) in [6, 6.07) is 27.3. The van der Waals surface area contributed by atoms with E-state index in [0.717, 1.165) is 19.3 Å². The first-order valence-corrected chi connectivity index (χ1v) is 10.8. The van der Waals surface area contributed by atoms with E-state index in [1.54, 1.807) is 0 Å². The lowest BCUT2D eigenvalue weighted by molar-refractivity contribution is 0.0317. The third-order valence-electron chi connectivity index (χ3n) is 8.31. The van der Waals surface area contributed by atoms with Gasteiger partial charge in [-0.3, -0.25) is 0 Å². The van der Waals surface area contributed by atoms with Gasteiger partial charge in [-0.1, -0.05) is 61.5 Å². The highest BCUT2D eigenvalue weighted by atomic mass is 15.4. The van der Waals surface area contributed by atoms with E-state index in [-0.39, 0.29) is 17.0 Å². The lowest BCUT2D eigenvalue weighted by Crippen LogP contribution is -2.71. The summed E-state index contributed by atoms with van der Waals surface area (Å²) < 4.78 is 0. The molecule has 3 atom stereocenters. The lowest BCUT2D eigenvalue weighted by atomic mass is 9.39. The molecule has 3 aromatic rings. The SMILES string of the molecule is C=C1CC2(CC)c3ccccc3N3c4ccccc4N4c5ccc(cc5)CC12C43. The Morgan fingerprint density at radius 3 is 2.17 bits per heavy atom. The van der Waals surface area contributed by atoms with Gasteiger partial charge in [0, 0.05) is 22.2 Å². The molecule has 2 heteroatoms. The van der Waals surface area contributed by atoms with Crippen LogP contribution in [-0.4, -0.2) is 6.17 Å². The largest absolute Gasteiger partial charge is 0.317 e. The minimum absolute atomic E-state index is 0.0191. The van der Waals surface area contributed by atoms with E-state index in [1.165, 1.54) is 39.4 Å². The van der Waals surface area contributed by atoms with Crippen molar-refractivity contribution in [1.82, 2.24) is 0 Å². The predicted molar refractivity (Wildman–Crippen MR) is 119 cm³/mol. The maximum atomic E-state index is 4.68. The number of para-hydroxylation sites is 3. The number of hydrogen-bond donors (Lipinski definition) is 0. The molecule has 2 nitrogen and oxygen atoms in total. The van der Waals surface area contributed by atoms with Crippen LogP contribution >= 0.6 is 0 Å². The van der Waals surface area contributed by atoms with E-state index in [9.17, 15) is 0 Å². The first-order chi connectivity index (χ1) is 14.2. The molecule has 8 rings (SSSR count). The average Bonchev–Trinajstić information content (AvgIpc) is 3.08. The van der Waals surface area contributed by atoms with Gasteiger partial charge in [0.15, 0.2) is 0 Å². The van der Waals surface area contributed by atoms with Gasteiger partial charge >= 0.3 is 0 Å². The number of benzene rings is 3. The van der Waals surface area contributed by atoms with Crippen molar-refractivity contribution in [3.05, 3.63) is 96.1 Å². The minimum Gasteiger partial charge on any atom is -0.317 e. The standard InChI is InChI=1S/C27H24N2/c1-3-26-16-18(2)27(26)17-19-12-14-20(15-13-19)28-23-10-6-7-11-24(23)29(25(27)28)22-9-5-4-8-21(22)26/h4-15,25H,2-3,16-17H2,1H3. The Hall–Kier alpha value is -3.00. The Morgan fingerprint density at radius 2 is 1.48 bits per heavy atom. The number of anilines is 4. The quantitative estimate of drug-likeness (QED) is 0.449. The first-order valence-electron chi connectivity index (χ1n) is 10.8. The van der Waals surface area contributed by atoms with Crippen LogP contribution in [0.2, 0.25) is 0 Å². The van der Waals surface area contributed by atoms with Crippen molar-refractivity contribution in [1.29, 1.82) is 0 Å². The fourth-order valence-corrected chi connectivity index (χ4v) is 7.11. The van der Waals surface area contributed by atoms with Gasteiger partial charge in [0.25, 0.3) is 0 Å². The molecule has 1 fully saturated rings. The second-order valence-corrected chi connectivity index (χ2v) is 9.15. The summed E-state index contributed by atoms with van der Waals surface area (Å²) in [7, 11) is 0. The van der Waals surface area contributed by atoms with E-state index < -0.39 is 0 Å². The highest BCUT2D eigenvalue weighted by Crippen LogP contribution is 2.74. The third kappa shape index (κ3) is 1.53. The van der Waals surface area contributed by atoms with Crippen LogP contribution in [0.4, 0.5) is 22.7 Å². The number of fused-ring (bicyclic) bond motifs is 7. The van der Waals surface area contributed by atoms with Crippen molar-refractivity contribution >= 4 is 22.7 Å². The van der Waals surface area contributed by atoms with E-state index in [2.05, 4.69) is 96.1 Å². The Balaban J connectivity index is 1.65. The molecule has 4 heterocycles. The Morgan fingerprint density at radius 1 is 0.828 bits per heavy atom. The summed E-state index contributed by atoms with van der Waals surface area (Å²) in [4.78, 5) is 5.22. The maximum absolute atomic E-state index is 4.68. The van der Waals surface area contributed by atoms with Gasteiger partial charge in [-0.05, 0) is 60.7 Å². The maximum Gasteiger partial charge on any atom is 0.122 e. The molecule has 4 aliphatic heterocycles. The minimum atomic E-state index is 0.0191. The highest BCUT2D eigenvalue weighted by Gasteiger charge is 2.71. The van der Waals surface area contributed by atoms with Gasteiger partial charge in [0.1, 0.15) is 6.17 Å². The van der Waals surface area contributed by atoms with Gasteiger partial charge < -0.3 is 9.80 Å². The van der Waals surface area contributed by atoms with Gasteiger partial charge in [0.05, 0.1) is 11.4 Å². The molecule has 0 aromatic heterocycles. The molecule has 1 saturated carbocycles. The Bertz CT molecular complexity index is 1190. The predicted octanol–water partition coefficient (Wildman–Crippen LogP) is 6.47. The molecule has 3 unspecified atom stereocenters. The summed E-state index contributed by atoms with van der Waals surface area (Å²) >= 11 is 0. The summed E-state index contributed by atoms with van der Waals surface area (Å²) in [5.41, 5.74) is 9.83. The summed E-state index contributed by atoms with van der Waals surface area (Å²) in [5, 5.41) is 0. The fraction of sp³-hybridized carbons (Fsp3) is 0.259. The topological polar surface area (TPSA) is 6.48 Å². The number of hydrogen-bond acceptors (Lipinski definition) is 2. The molecule has 29 heavy (non-hydrogen) atoms. The molecule has 2 bridgehead atoms. The zero-order chi connectivity index (χ0) is 19.4. The zero-order valence-electron chi connectivity index (χ0n) is 16.7. The summed E-state index contributed by atoms with van der Waals surface area (Å²) in [5.74, 6) is 0. The molecule has 5 aliphatic rings. The van der Waals surface area contributed by atoms with Gasteiger partial charge in [0.2, 0.25) is 0 Å². The summed E-state index contributed by atoms with van der Waals surface area (Å²) in [6.07, 6.45) is 3.55. The normalized spacial score (nSPS) is 30.0. The Labute approximate surface area is 172 Å². The molecule has 1 aliphatic carbocycles. The van der Waals surface area contributed by atoms with E-state index in [4.69, 9.17) is 0 Å².